The van der Waals surface area contributed by atoms with Crippen molar-refractivity contribution in [3.63, 3.8) is 0 Å². The van der Waals surface area contributed by atoms with Crippen LogP contribution in [0.1, 0.15) is 61.9 Å². The lowest BCUT2D eigenvalue weighted by molar-refractivity contribution is -0.162. The Morgan fingerprint density at radius 3 is 2.49 bits per heavy atom. The summed E-state index contributed by atoms with van der Waals surface area (Å²) in [6, 6.07) is 6.41. The van der Waals surface area contributed by atoms with Gasteiger partial charge in [0.25, 0.3) is 5.91 Å². The maximum absolute atomic E-state index is 12.8. The van der Waals surface area contributed by atoms with E-state index in [4.69, 9.17) is 14.4 Å². The fraction of sp³-hybridized carbons (Fsp3) is 0.654. The van der Waals surface area contributed by atoms with Gasteiger partial charge in [0.1, 0.15) is 13.4 Å². The van der Waals surface area contributed by atoms with Gasteiger partial charge in [-0.05, 0) is 81.9 Å². The highest BCUT2D eigenvalue weighted by Crippen LogP contribution is 2.28. The van der Waals surface area contributed by atoms with E-state index in [0.29, 0.717) is 6.61 Å². The molecule has 0 saturated carbocycles. The number of benzene rings is 1. The summed E-state index contributed by atoms with van der Waals surface area (Å²) >= 11 is 0. The summed E-state index contributed by atoms with van der Waals surface area (Å²) in [5, 5.41) is 5.04. The third-order valence-electron chi connectivity index (χ3n) is 7.04. The Morgan fingerprint density at radius 2 is 1.86 bits per heavy atom. The van der Waals surface area contributed by atoms with Gasteiger partial charge in [-0.15, -0.1) is 0 Å². The molecule has 1 atom stereocenters. The number of fused-ring (bicyclic) bond motifs is 1. The molecule has 1 unspecified atom stereocenters. The molecule has 1 aromatic rings. The van der Waals surface area contributed by atoms with Crippen molar-refractivity contribution in [2.45, 2.75) is 58.6 Å². The number of hydrogen-bond acceptors (Lipinski definition) is 7. The summed E-state index contributed by atoms with van der Waals surface area (Å²) < 4.78 is 0. The first-order valence-corrected chi connectivity index (χ1v) is 12.8. The zero-order valence-electron chi connectivity index (χ0n) is 21.4. The first-order valence-electron chi connectivity index (χ1n) is 12.8. The van der Waals surface area contributed by atoms with E-state index in [1.54, 1.807) is 5.06 Å². The number of piperidine rings is 1. The number of hydroxylamine groups is 2. The molecule has 2 fully saturated rings. The standard InChI is InChI=1S/C24H38N4O2.CH3NO.CH2O/c1-3-4-19(2)28-24(29)23-6-5-22(17-21(23)18-30-28)27-15-13-26(14-16-27)12-9-20-7-10-25-11-8-20;2-1-3;1-2/h5-6,17,19-20,25H,3-4,7-16,18H2,1-2H3;1H,(H2,2,3);1H2. The molecular formula is C26H43N5O4. The van der Waals surface area contributed by atoms with Gasteiger partial charge in [0.2, 0.25) is 6.41 Å². The van der Waals surface area contributed by atoms with Crippen LogP contribution in [-0.2, 0) is 21.0 Å². The number of carbonyl (C=O) groups is 3. The van der Waals surface area contributed by atoms with Crippen molar-refractivity contribution in [1.82, 2.24) is 15.3 Å². The lowest BCUT2D eigenvalue weighted by atomic mass is 9.94. The minimum Gasteiger partial charge on any atom is -0.372 e. The van der Waals surface area contributed by atoms with E-state index in [1.807, 2.05) is 12.9 Å². The van der Waals surface area contributed by atoms with Crippen LogP contribution < -0.4 is 16.0 Å². The molecule has 35 heavy (non-hydrogen) atoms. The number of rotatable bonds is 7. The second-order valence-corrected chi connectivity index (χ2v) is 9.33. The van der Waals surface area contributed by atoms with Crippen molar-refractivity contribution in [2.75, 3.05) is 50.7 Å². The smallest absolute Gasteiger partial charge is 0.278 e. The highest BCUT2D eigenvalue weighted by Gasteiger charge is 2.29. The van der Waals surface area contributed by atoms with Crippen molar-refractivity contribution in [1.29, 1.82) is 0 Å². The van der Waals surface area contributed by atoms with E-state index in [2.05, 4.69) is 46.8 Å². The normalized spacial score (nSPS) is 19.5. The molecule has 0 spiro atoms. The van der Waals surface area contributed by atoms with Crippen LogP contribution in [0.3, 0.4) is 0 Å². The Hall–Kier alpha value is -2.49. The van der Waals surface area contributed by atoms with Gasteiger partial charge < -0.3 is 20.7 Å². The van der Waals surface area contributed by atoms with E-state index < -0.39 is 0 Å². The number of anilines is 1. The van der Waals surface area contributed by atoms with Gasteiger partial charge in [0.15, 0.2) is 0 Å². The van der Waals surface area contributed by atoms with E-state index in [1.165, 1.54) is 44.6 Å². The molecule has 3 aliphatic rings. The topological polar surface area (TPSA) is 108 Å². The number of amides is 2. The number of hydrogen-bond donors (Lipinski definition) is 2. The fourth-order valence-electron chi connectivity index (χ4n) is 5.05. The Bertz CT molecular complexity index is 779. The first kappa shape index (κ1) is 28.7. The predicted molar refractivity (Wildman–Crippen MR) is 138 cm³/mol. The molecule has 2 amide bonds. The number of nitrogens with two attached hydrogens (primary N) is 1. The molecule has 196 valence electrons. The lowest BCUT2D eigenvalue weighted by Gasteiger charge is -2.38. The average Bonchev–Trinajstić information content (AvgIpc) is 2.90. The largest absolute Gasteiger partial charge is 0.372 e. The summed E-state index contributed by atoms with van der Waals surface area (Å²) in [5.41, 5.74) is 7.21. The van der Waals surface area contributed by atoms with Crippen LogP contribution in [0.15, 0.2) is 18.2 Å². The highest BCUT2D eigenvalue weighted by atomic mass is 16.7. The summed E-state index contributed by atoms with van der Waals surface area (Å²) in [6.45, 7) is 14.7. The van der Waals surface area contributed by atoms with Gasteiger partial charge in [-0.25, -0.2) is 5.06 Å². The molecule has 2 saturated heterocycles. The molecule has 4 rings (SSSR count). The van der Waals surface area contributed by atoms with E-state index in [9.17, 15) is 4.79 Å². The fourth-order valence-corrected chi connectivity index (χ4v) is 5.05. The molecule has 0 radical (unpaired) electrons. The van der Waals surface area contributed by atoms with E-state index >= 15 is 0 Å². The lowest BCUT2D eigenvalue weighted by Crippen LogP contribution is -2.47. The second-order valence-electron chi connectivity index (χ2n) is 9.33. The Morgan fingerprint density at radius 1 is 1.20 bits per heavy atom. The zero-order valence-corrected chi connectivity index (χ0v) is 21.4. The van der Waals surface area contributed by atoms with Crippen molar-refractivity contribution >= 4 is 24.8 Å². The minimum atomic E-state index is 0.00600. The monoisotopic (exact) mass is 489 g/mol. The predicted octanol–water partition coefficient (Wildman–Crippen LogP) is 2.19. The van der Waals surface area contributed by atoms with Gasteiger partial charge >= 0.3 is 0 Å². The Labute approximate surface area is 209 Å². The summed E-state index contributed by atoms with van der Waals surface area (Å²) in [5.74, 6) is 0.911. The third-order valence-corrected chi connectivity index (χ3v) is 7.04. The molecule has 0 aromatic heterocycles. The summed E-state index contributed by atoms with van der Waals surface area (Å²) in [4.78, 5) is 40.3. The van der Waals surface area contributed by atoms with Crippen LogP contribution in [0.2, 0.25) is 0 Å². The van der Waals surface area contributed by atoms with Crippen LogP contribution in [0, 0.1) is 5.92 Å². The number of nitrogens with one attached hydrogen (secondary N) is 1. The molecule has 3 N–H and O–H groups in total. The Kier molecular flexibility index (Phi) is 12.7. The maximum Gasteiger partial charge on any atom is 0.278 e. The molecule has 3 heterocycles. The van der Waals surface area contributed by atoms with Crippen LogP contribution in [0.4, 0.5) is 5.69 Å². The second kappa shape index (κ2) is 15.5. The highest BCUT2D eigenvalue weighted by molar-refractivity contribution is 5.96. The molecular weight excluding hydrogens is 446 g/mol. The molecule has 9 nitrogen and oxygen atoms in total. The van der Waals surface area contributed by atoms with E-state index in [-0.39, 0.29) is 18.4 Å². The van der Waals surface area contributed by atoms with Gasteiger partial charge in [-0.3, -0.25) is 19.3 Å². The number of nitrogens with zero attached hydrogens (tertiary/aromatic N) is 3. The molecule has 1 aromatic carbocycles. The van der Waals surface area contributed by atoms with Crippen LogP contribution in [0.5, 0.6) is 0 Å². The SMILES string of the molecule is C=O.CCCC(C)N1OCc2cc(N3CCN(CCC4CCNCC4)CC3)ccc2C1=O.NC=O. The number of primary amides is 1. The summed E-state index contributed by atoms with van der Waals surface area (Å²) in [6.07, 6.45) is 6.27. The molecule has 0 bridgehead atoms. The van der Waals surface area contributed by atoms with Gasteiger partial charge in [-0.2, -0.15) is 0 Å². The van der Waals surface area contributed by atoms with Crippen molar-refractivity contribution in [2.24, 2.45) is 11.7 Å². The van der Waals surface area contributed by atoms with Crippen molar-refractivity contribution in [3.8, 4) is 0 Å². The number of carbonyl (C=O) groups excluding carboxylic acids is 3. The van der Waals surface area contributed by atoms with Crippen molar-refractivity contribution in [3.05, 3.63) is 29.3 Å². The minimum absolute atomic E-state index is 0.00600. The average molecular weight is 490 g/mol. The quantitative estimate of drug-likeness (QED) is 0.565. The van der Waals surface area contributed by atoms with Crippen LogP contribution in [0.25, 0.3) is 0 Å². The third kappa shape index (κ3) is 8.30. The van der Waals surface area contributed by atoms with Crippen molar-refractivity contribution < 1.29 is 19.2 Å². The molecule has 0 aliphatic carbocycles. The first-order chi connectivity index (χ1) is 17.1. The van der Waals surface area contributed by atoms with Gasteiger partial charge in [0.05, 0.1) is 6.04 Å². The summed E-state index contributed by atoms with van der Waals surface area (Å²) in [7, 11) is 0. The zero-order chi connectivity index (χ0) is 25.6. The Balaban J connectivity index is 0.000000803. The molecule has 3 aliphatic heterocycles. The number of piperazine rings is 1. The maximum atomic E-state index is 12.8. The van der Waals surface area contributed by atoms with Crippen LogP contribution in [-0.4, -0.2) is 80.9 Å². The van der Waals surface area contributed by atoms with Crippen LogP contribution >= 0.6 is 0 Å². The molecule has 9 heteroatoms. The van der Waals surface area contributed by atoms with Gasteiger partial charge in [0, 0.05) is 37.4 Å². The van der Waals surface area contributed by atoms with E-state index in [0.717, 1.165) is 56.1 Å². The van der Waals surface area contributed by atoms with Gasteiger partial charge in [-0.1, -0.05) is 13.3 Å².